The van der Waals surface area contributed by atoms with E-state index in [1.807, 2.05) is 21.6 Å². The summed E-state index contributed by atoms with van der Waals surface area (Å²) in [6.07, 6.45) is 4.94. The van der Waals surface area contributed by atoms with Crippen molar-refractivity contribution in [2.75, 3.05) is 44.4 Å². The third-order valence-electron chi connectivity index (χ3n) is 4.88. The molecule has 0 radical (unpaired) electrons. The number of aliphatic carboxylic acids is 2. The normalized spacial score (nSPS) is 11.1. The van der Waals surface area contributed by atoms with E-state index in [1.54, 1.807) is 24.8 Å². The van der Waals surface area contributed by atoms with Crippen LogP contribution in [-0.4, -0.2) is 76.2 Å². The molecule has 182 valence electrons. The molecule has 3 rings (SSSR count). The number of benzene rings is 1. The standard InChI is InChI=1S/C22H24Cl2N4O6/c23-16-2-1-15-17(28-6-5-25-14-28)13-18(26-22(15)21(16)24)27(7-11-33-9-3-19(29)30)8-12-34-10-4-20(31)32/h1-2,5-6,13-14H,3-4,7-12H2,(H,29,30)(H,31,32). The minimum atomic E-state index is -0.934. The van der Waals surface area contributed by atoms with Gasteiger partial charge in [-0.15, -0.1) is 0 Å². The van der Waals surface area contributed by atoms with Gasteiger partial charge < -0.3 is 29.2 Å². The topological polar surface area (TPSA) is 127 Å². The number of aromatic nitrogens is 3. The van der Waals surface area contributed by atoms with E-state index in [1.165, 1.54) is 0 Å². The molecule has 0 unspecified atom stereocenters. The molecule has 0 aliphatic rings. The lowest BCUT2D eigenvalue weighted by Gasteiger charge is -2.25. The van der Waals surface area contributed by atoms with E-state index in [0.717, 1.165) is 11.1 Å². The molecule has 0 bridgehead atoms. The maximum absolute atomic E-state index is 10.7. The number of ether oxygens (including phenoxy) is 2. The van der Waals surface area contributed by atoms with Crippen LogP contribution in [0.1, 0.15) is 12.8 Å². The summed E-state index contributed by atoms with van der Waals surface area (Å²) < 4.78 is 12.7. The molecule has 0 aliphatic heterocycles. The summed E-state index contributed by atoms with van der Waals surface area (Å²) in [6, 6.07) is 5.42. The van der Waals surface area contributed by atoms with Gasteiger partial charge in [-0.25, -0.2) is 9.97 Å². The van der Waals surface area contributed by atoms with Crippen molar-refractivity contribution >= 4 is 51.9 Å². The molecule has 34 heavy (non-hydrogen) atoms. The van der Waals surface area contributed by atoms with Gasteiger partial charge in [-0.1, -0.05) is 23.2 Å². The lowest BCUT2D eigenvalue weighted by Crippen LogP contribution is -2.32. The maximum atomic E-state index is 10.7. The molecule has 1 aromatic carbocycles. The Hall–Kier alpha value is -2.92. The van der Waals surface area contributed by atoms with E-state index in [9.17, 15) is 9.59 Å². The van der Waals surface area contributed by atoms with Crippen LogP contribution in [0.3, 0.4) is 0 Å². The Balaban J connectivity index is 1.88. The van der Waals surface area contributed by atoms with Crippen LogP contribution < -0.4 is 4.90 Å². The number of carboxylic acid groups (broad SMARTS) is 2. The lowest BCUT2D eigenvalue weighted by atomic mass is 10.1. The van der Waals surface area contributed by atoms with Crippen LogP contribution in [0.4, 0.5) is 5.82 Å². The molecule has 2 aromatic heterocycles. The fourth-order valence-electron chi connectivity index (χ4n) is 3.19. The van der Waals surface area contributed by atoms with Crippen LogP contribution in [0.25, 0.3) is 16.6 Å². The average molecular weight is 511 g/mol. The van der Waals surface area contributed by atoms with Gasteiger partial charge in [0, 0.05) is 36.9 Å². The summed E-state index contributed by atoms with van der Waals surface area (Å²) in [4.78, 5) is 32.2. The third kappa shape index (κ3) is 7.04. The molecule has 2 heterocycles. The van der Waals surface area contributed by atoms with Gasteiger partial charge in [-0.3, -0.25) is 9.59 Å². The van der Waals surface area contributed by atoms with Gasteiger partial charge in [0.1, 0.15) is 5.82 Å². The smallest absolute Gasteiger partial charge is 0.305 e. The molecule has 0 fully saturated rings. The number of carbonyl (C=O) groups is 2. The van der Waals surface area contributed by atoms with Crippen molar-refractivity contribution in [2.45, 2.75) is 12.8 Å². The molecule has 0 amide bonds. The minimum absolute atomic E-state index is 0.0884. The number of hydrogen-bond donors (Lipinski definition) is 2. The first-order chi connectivity index (χ1) is 16.4. The van der Waals surface area contributed by atoms with Crippen LogP contribution in [-0.2, 0) is 19.1 Å². The number of rotatable bonds is 14. The first-order valence-corrected chi connectivity index (χ1v) is 11.2. The Kier molecular flexibility index (Phi) is 9.46. The Morgan fingerprint density at radius 3 is 2.21 bits per heavy atom. The van der Waals surface area contributed by atoms with Crippen LogP contribution in [0, 0.1) is 0 Å². The fourth-order valence-corrected chi connectivity index (χ4v) is 3.55. The van der Waals surface area contributed by atoms with E-state index in [2.05, 4.69) is 4.98 Å². The highest BCUT2D eigenvalue weighted by molar-refractivity contribution is 6.45. The monoisotopic (exact) mass is 510 g/mol. The third-order valence-corrected chi connectivity index (χ3v) is 5.67. The van der Waals surface area contributed by atoms with Gasteiger partial charge in [-0.05, 0) is 12.1 Å². The van der Waals surface area contributed by atoms with E-state index in [-0.39, 0.29) is 39.3 Å². The highest BCUT2D eigenvalue weighted by Crippen LogP contribution is 2.34. The number of imidazole rings is 1. The zero-order valence-electron chi connectivity index (χ0n) is 18.2. The Morgan fingerprint density at radius 2 is 1.65 bits per heavy atom. The van der Waals surface area contributed by atoms with E-state index < -0.39 is 11.9 Å². The number of fused-ring (bicyclic) bond motifs is 1. The molecular weight excluding hydrogens is 487 g/mol. The Morgan fingerprint density at radius 1 is 1.00 bits per heavy atom. The summed E-state index contributed by atoms with van der Waals surface area (Å²) in [5.74, 6) is -1.29. The molecule has 0 saturated carbocycles. The number of halogens is 2. The molecule has 0 saturated heterocycles. The van der Waals surface area contributed by atoms with Gasteiger partial charge in [0.15, 0.2) is 0 Å². The summed E-state index contributed by atoms with van der Waals surface area (Å²) in [5, 5.41) is 19.0. The summed E-state index contributed by atoms with van der Waals surface area (Å²) in [5.41, 5.74) is 1.30. The molecular formula is C22H24Cl2N4O6. The quantitative estimate of drug-likeness (QED) is 0.313. The van der Waals surface area contributed by atoms with Gasteiger partial charge in [-0.2, -0.15) is 0 Å². The molecule has 3 aromatic rings. The Bertz CT molecular complexity index is 1100. The van der Waals surface area contributed by atoms with E-state index in [0.29, 0.717) is 34.5 Å². The molecule has 0 aliphatic carbocycles. The number of carboxylic acids is 2. The number of nitrogens with zero attached hydrogens (tertiary/aromatic N) is 4. The highest BCUT2D eigenvalue weighted by Gasteiger charge is 2.17. The second-order valence-corrected chi connectivity index (χ2v) is 8.01. The fraction of sp³-hybridized carbons (Fsp3) is 0.364. The second kappa shape index (κ2) is 12.5. The number of hydrogen-bond acceptors (Lipinski definition) is 7. The van der Waals surface area contributed by atoms with Crippen molar-refractivity contribution in [2.24, 2.45) is 0 Å². The minimum Gasteiger partial charge on any atom is -0.481 e. The lowest BCUT2D eigenvalue weighted by molar-refractivity contribution is -0.139. The van der Waals surface area contributed by atoms with Crippen molar-refractivity contribution in [3.05, 3.63) is 47.0 Å². The average Bonchev–Trinajstić information content (AvgIpc) is 3.33. The predicted octanol–water partition coefficient (Wildman–Crippen LogP) is 3.52. The number of pyridine rings is 1. The highest BCUT2D eigenvalue weighted by atomic mass is 35.5. The van der Waals surface area contributed by atoms with Crippen molar-refractivity contribution < 1.29 is 29.3 Å². The number of anilines is 1. The second-order valence-electron chi connectivity index (χ2n) is 7.23. The van der Waals surface area contributed by atoms with Crippen LogP contribution in [0.2, 0.25) is 10.0 Å². The van der Waals surface area contributed by atoms with Gasteiger partial charge >= 0.3 is 11.9 Å². The molecule has 0 atom stereocenters. The SMILES string of the molecule is O=C(O)CCOCCN(CCOCCC(=O)O)c1cc(-n2ccnc2)c2ccc(Cl)c(Cl)c2n1. The molecule has 12 heteroatoms. The van der Waals surface area contributed by atoms with Crippen molar-refractivity contribution in [1.82, 2.24) is 14.5 Å². The first kappa shape index (κ1) is 25.7. The van der Waals surface area contributed by atoms with Crippen molar-refractivity contribution in [3.63, 3.8) is 0 Å². The predicted molar refractivity (Wildman–Crippen MR) is 127 cm³/mol. The largest absolute Gasteiger partial charge is 0.481 e. The molecule has 2 N–H and O–H groups in total. The summed E-state index contributed by atoms with van der Waals surface area (Å²) in [6.45, 7) is 1.47. The van der Waals surface area contributed by atoms with Gasteiger partial charge in [0.2, 0.25) is 0 Å². The maximum Gasteiger partial charge on any atom is 0.305 e. The summed E-state index contributed by atoms with van der Waals surface area (Å²) in [7, 11) is 0. The van der Waals surface area contributed by atoms with Crippen LogP contribution in [0.15, 0.2) is 36.9 Å². The van der Waals surface area contributed by atoms with Gasteiger partial charge in [0.05, 0.1) is 66.8 Å². The van der Waals surface area contributed by atoms with E-state index >= 15 is 0 Å². The Labute approximate surface area is 205 Å². The van der Waals surface area contributed by atoms with Gasteiger partial charge in [0.25, 0.3) is 0 Å². The zero-order chi connectivity index (χ0) is 24.5. The summed E-state index contributed by atoms with van der Waals surface area (Å²) >= 11 is 12.7. The van der Waals surface area contributed by atoms with Crippen molar-refractivity contribution in [3.8, 4) is 5.69 Å². The van der Waals surface area contributed by atoms with E-state index in [4.69, 9.17) is 47.9 Å². The molecule has 10 nitrogen and oxygen atoms in total. The van der Waals surface area contributed by atoms with Crippen LogP contribution in [0.5, 0.6) is 0 Å². The first-order valence-electron chi connectivity index (χ1n) is 10.5. The van der Waals surface area contributed by atoms with Crippen molar-refractivity contribution in [1.29, 1.82) is 0 Å². The zero-order valence-corrected chi connectivity index (χ0v) is 19.7. The molecule has 0 spiro atoms. The van der Waals surface area contributed by atoms with Crippen LogP contribution >= 0.6 is 23.2 Å².